The van der Waals surface area contributed by atoms with Gasteiger partial charge in [-0.15, -0.1) is 0 Å². The fourth-order valence-corrected chi connectivity index (χ4v) is 4.82. The van der Waals surface area contributed by atoms with Crippen LogP contribution in [0.15, 0.2) is 48.5 Å². The Morgan fingerprint density at radius 3 is 2.06 bits per heavy atom. The molecule has 2 aromatic rings. The normalized spacial score (nSPS) is 12.9. The number of esters is 1. The molecule has 0 aliphatic carbocycles. The molecular weight excluding hydrogens is 444 g/mol. The molecule has 0 fully saturated rings. The standard InChI is InChI=1S/C33H50O3/c1-5-8-10-12-13-14-19-29(18-7-3)31-20-15-16-21-32(31)36-33(34)30-24-22-28(23-25-30)27(4)35-26-17-11-9-6-2/h15-16,20-25,27,29H,5-14,17-19,26H2,1-4H3. The molecule has 0 saturated heterocycles. The first kappa shape index (κ1) is 30.1. The third-order valence-corrected chi connectivity index (χ3v) is 7.09. The van der Waals surface area contributed by atoms with Gasteiger partial charge in [0, 0.05) is 6.61 Å². The van der Waals surface area contributed by atoms with E-state index in [9.17, 15) is 4.79 Å². The van der Waals surface area contributed by atoms with E-state index in [1.165, 1.54) is 63.4 Å². The van der Waals surface area contributed by atoms with Gasteiger partial charge in [0.15, 0.2) is 0 Å². The Hall–Kier alpha value is -2.13. The Kier molecular flexibility index (Phi) is 15.2. The van der Waals surface area contributed by atoms with E-state index >= 15 is 0 Å². The predicted octanol–water partition coefficient (Wildman–Crippen LogP) is 10.2. The number of hydrogen-bond donors (Lipinski definition) is 0. The summed E-state index contributed by atoms with van der Waals surface area (Å²) in [4.78, 5) is 13.0. The van der Waals surface area contributed by atoms with Gasteiger partial charge in [0.05, 0.1) is 11.7 Å². The van der Waals surface area contributed by atoms with Crippen LogP contribution in [0.5, 0.6) is 5.75 Å². The minimum atomic E-state index is -0.294. The van der Waals surface area contributed by atoms with E-state index in [4.69, 9.17) is 9.47 Å². The second-order valence-electron chi connectivity index (χ2n) is 10.2. The highest BCUT2D eigenvalue weighted by atomic mass is 16.5. The molecule has 200 valence electrons. The van der Waals surface area contributed by atoms with Crippen LogP contribution >= 0.6 is 0 Å². The average molecular weight is 495 g/mol. The lowest BCUT2D eigenvalue weighted by atomic mass is 9.88. The monoisotopic (exact) mass is 494 g/mol. The van der Waals surface area contributed by atoms with Crippen LogP contribution in [0.1, 0.15) is 145 Å². The van der Waals surface area contributed by atoms with Gasteiger partial charge >= 0.3 is 5.97 Å². The molecule has 0 aliphatic rings. The van der Waals surface area contributed by atoms with Gasteiger partial charge in [0.25, 0.3) is 0 Å². The molecule has 2 rings (SSSR count). The Morgan fingerprint density at radius 1 is 0.722 bits per heavy atom. The molecule has 0 bridgehead atoms. The highest BCUT2D eigenvalue weighted by Gasteiger charge is 2.18. The minimum absolute atomic E-state index is 0.0224. The van der Waals surface area contributed by atoms with E-state index < -0.39 is 0 Å². The van der Waals surface area contributed by atoms with Gasteiger partial charge < -0.3 is 9.47 Å². The third kappa shape index (κ3) is 10.9. The SMILES string of the molecule is CCCCCCCCC(CCC)c1ccccc1OC(=O)c1ccc(C(C)OCCCCCC)cc1. The number of unbranched alkanes of at least 4 members (excludes halogenated alkanes) is 8. The van der Waals surface area contributed by atoms with Gasteiger partial charge in [-0.05, 0) is 61.4 Å². The summed E-state index contributed by atoms with van der Waals surface area (Å²) in [5.74, 6) is 0.847. The molecule has 2 aromatic carbocycles. The highest BCUT2D eigenvalue weighted by Crippen LogP contribution is 2.34. The van der Waals surface area contributed by atoms with Gasteiger partial charge in [0.1, 0.15) is 5.75 Å². The van der Waals surface area contributed by atoms with E-state index in [-0.39, 0.29) is 12.1 Å². The summed E-state index contributed by atoms with van der Waals surface area (Å²) in [5.41, 5.74) is 2.83. The maximum atomic E-state index is 13.0. The Bertz CT molecular complexity index is 842. The first-order chi connectivity index (χ1) is 17.6. The molecule has 0 N–H and O–H groups in total. The number of para-hydroxylation sites is 1. The van der Waals surface area contributed by atoms with Crippen molar-refractivity contribution in [3.63, 3.8) is 0 Å². The average Bonchev–Trinajstić information content (AvgIpc) is 2.90. The van der Waals surface area contributed by atoms with Crippen molar-refractivity contribution in [2.75, 3.05) is 6.61 Å². The van der Waals surface area contributed by atoms with Crippen LogP contribution in [0.4, 0.5) is 0 Å². The zero-order valence-electron chi connectivity index (χ0n) is 23.4. The maximum absolute atomic E-state index is 13.0. The summed E-state index contributed by atoms with van der Waals surface area (Å²) in [7, 11) is 0. The summed E-state index contributed by atoms with van der Waals surface area (Å²) in [5, 5.41) is 0. The molecule has 0 aromatic heterocycles. The Labute approximate surface area is 221 Å². The number of ether oxygens (including phenoxy) is 2. The van der Waals surface area contributed by atoms with Gasteiger partial charge in [0.2, 0.25) is 0 Å². The molecule has 2 unspecified atom stereocenters. The summed E-state index contributed by atoms with van der Waals surface area (Å²) < 4.78 is 11.9. The first-order valence-corrected chi connectivity index (χ1v) is 14.6. The van der Waals surface area contributed by atoms with E-state index in [0.717, 1.165) is 37.9 Å². The summed E-state index contributed by atoms with van der Waals surface area (Å²) in [6.07, 6.45) is 16.0. The van der Waals surface area contributed by atoms with Gasteiger partial charge in [-0.3, -0.25) is 0 Å². The lowest BCUT2D eigenvalue weighted by molar-refractivity contribution is 0.0626. The summed E-state index contributed by atoms with van der Waals surface area (Å²) in [6, 6.07) is 15.8. The number of rotatable bonds is 19. The molecule has 0 saturated carbocycles. The second kappa shape index (κ2) is 18.2. The smallest absolute Gasteiger partial charge is 0.343 e. The Morgan fingerprint density at radius 2 is 1.36 bits per heavy atom. The molecule has 0 amide bonds. The van der Waals surface area contributed by atoms with Crippen LogP contribution in [0.25, 0.3) is 0 Å². The molecule has 2 atom stereocenters. The molecule has 0 heterocycles. The van der Waals surface area contributed by atoms with E-state index in [0.29, 0.717) is 17.2 Å². The van der Waals surface area contributed by atoms with Crippen molar-refractivity contribution in [1.82, 2.24) is 0 Å². The van der Waals surface area contributed by atoms with Crippen molar-refractivity contribution in [1.29, 1.82) is 0 Å². The zero-order valence-corrected chi connectivity index (χ0v) is 23.4. The largest absolute Gasteiger partial charge is 0.423 e. The highest BCUT2D eigenvalue weighted by molar-refractivity contribution is 5.91. The van der Waals surface area contributed by atoms with Crippen molar-refractivity contribution in [2.45, 2.75) is 123 Å². The van der Waals surface area contributed by atoms with Gasteiger partial charge in [-0.1, -0.05) is 115 Å². The number of carbonyl (C=O) groups excluding carboxylic acids is 1. The lowest BCUT2D eigenvalue weighted by Crippen LogP contribution is -2.12. The lowest BCUT2D eigenvalue weighted by Gasteiger charge is -2.20. The summed E-state index contributed by atoms with van der Waals surface area (Å²) >= 11 is 0. The Balaban J connectivity index is 1.96. The van der Waals surface area contributed by atoms with Crippen LogP contribution in [0, 0.1) is 0 Å². The fourth-order valence-electron chi connectivity index (χ4n) is 4.82. The predicted molar refractivity (Wildman–Crippen MR) is 152 cm³/mol. The minimum Gasteiger partial charge on any atom is -0.423 e. The fraction of sp³-hybridized carbons (Fsp3) is 0.606. The molecule has 3 heteroatoms. The van der Waals surface area contributed by atoms with E-state index in [2.05, 4.69) is 39.8 Å². The summed E-state index contributed by atoms with van der Waals surface area (Å²) in [6.45, 7) is 9.56. The molecular formula is C33H50O3. The molecule has 0 aliphatic heterocycles. The first-order valence-electron chi connectivity index (χ1n) is 14.6. The third-order valence-electron chi connectivity index (χ3n) is 7.09. The number of hydrogen-bond acceptors (Lipinski definition) is 3. The number of benzene rings is 2. The maximum Gasteiger partial charge on any atom is 0.343 e. The van der Waals surface area contributed by atoms with Crippen molar-refractivity contribution < 1.29 is 14.3 Å². The molecule has 36 heavy (non-hydrogen) atoms. The van der Waals surface area contributed by atoms with Crippen LogP contribution < -0.4 is 4.74 Å². The molecule has 0 spiro atoms. The van der Waals surface area contributed by atoms with Crippen LogP contribution in [0.3, 0.4) is 0 Å². The van der Waals surface area contributed by atoms with E-state index in [1.807, 2.05) is 36.4 Å². The van der Waals surface area contributed by atoms with Crippen molar-refractivity contribution in [2.24, 2.45) is 0 Å². The topological polar surface area (TPSA) is 35.5 Å². The van der Waals surface area contributed by atoms with Crippen molar-refractivity contribution in [3.8, 4) is 5.75 Å². The molecule has 3 nitrogen and oxygen atoms in total. The van der Waals surface area contributed by atoms with Crippen molar-refractivity contribution >= 4 is 5.97 Å². The zero-order chi connectivity index (χ0) is 26.0. The quantitative estimate of drug-likeness (QED) is 0.111. The van der Waals surface area contributed by atoms with Crippen molar-refractivity contribution in [3.05, 3.63) is 65.2 Å². The molecule has 0 radical (unpaired) electrons. The van der Waals surface area contributed by atoms with Crippen LogP contribution in [-0.4, -0.2) is 12.6 Å². The van der Waals surface area contributed by atoms with Crippen LogP contribution in [0.2, 0.25) is 0 Å². The van der Waals surface area contributed by atoms with Gasteiger partial charge in [-0.25, -0.2) is 4.79 Å². The second-order valence-corrected chi connectivity index (χ2v) is 10.2. The van der Waals surface area contributed by atoms with E-state index in [1.54, 1.807) is 0 Å². The number of carbonyl (C=O) groups is 1. The van der Waals surface area contributed by atoms with Gasteiger partial charge in [-0.2, -0.15) is 0 Å². The van der Waals surface area contributed by atoms with Crippen LogP contribution in [-0.2, 0) is 4.74 Å².